The molecule has 6 nitrogen and oxygen atoms in total. The summed E-state index contributed by atoms with van der Waals surface area (Å²) >= 11 is 1.65. The van der Waals surface area contributed by atoms with Crippen molar-refractivity contribution in [3.05, 3.63) is 17.8 Å². The van der Waals surface area contributed by atoms with Crippen LogP contribution in [0.15, 0.2) is 17.8 Å². The first-order valence-electron chi connectivity index (χ1n) is 6.64. The number of carbonyl (C=O) groups excluding carboxylic acids is 1. The lowest BCUT2D eigenvalue weighted by Gasteiger charge is -2.36. The van der Waals surface area contributed by atoms with Gasteiger partial charge in [0.05, 0.1) is 16.3 Å². The minimum absolute atomic E-state index is 0. The van der Waals surface area contributed by atoms with Crippen LogP contribution in [0, 0.1) is 0 Å². The Morgan fingerprint density at radius 3 is 2.71 bits per heavy atom. The van der Waals surface area contributed by atoms with E-state index in [0.717, 1.165) is 29.1 Å². The number of thiophene rings is 1. The number of halogens is 1. The Kier molecular flexibility index (Phi) is 4.97. The lowest BCUT2D eigenvalue weighted by atomic mass is 10.2. The van der Waals surface area contributed by atoms with E-state index in [9.17, 15) is 4.79 Å². The van der Waals surface area contributed by atoms with Crippen LogP contribution in [-0.2, 0) is 4.79 Å². The predicted octanol–water partition coefficient (Wildman–Crippen LogP) is 1.11. The Hall–Kier alpha value is -1.44. The van der Waals surface area contributed by atoms with Crippen molar-refractivity contribution in [2.24, 2.45) is 5.73 Å². The fraction of sp³-hybridized carbons (Fsp3) is 0.462. The van der Waals surface area contributed by atoms with Crippen LogP contribution in [0.5, 0.6) is 0 Å². The summed E-state index contributed by atoms with van der Waals surface area (Å²) in [4.78, 5) is 24.6. The molecule has 1 aliphatic rings. The molecule has 1 saturated heterocycles. The van der Waals surface area contributed by atoms with Gasteiger partial charge in [0.15, 0.2) is 0 Å². The first-order chi connectivity index (χ1) is 9.66. The summed E-state index contributed by atoms with van der Waals surface area (Å²) in [7, 11) is 0. The summed E-state index contributed by atoms with van der Waals surface area (Å²) < 4.78 is 1.11. The first kappa shape index (κ1) is 15.9. The first-order valence-corrected chi connectivity index (χ1v) is 7.52. The van der Waals surface area contributed by atoms with Crippen molar-refractivity contribution in [1.82, 2.24) is 14.9 Å². The topological polar surface area (TPSA) is 75.4 Å². The smallest absolute Gasteiger partial charge is 0.239 e. The van der Waals surface area contributed by atoms with Gasteiger partial charge in [0, 0.05) is 26.2 Å². The molecule has 1 unspecified atom stereocenters. The van der Waals surface area contributed by atoms with Gasteiger partial charge in [-0.05, 0) is 18.4 Å². The number of aromatic nitrogens is 2. The predicted molar refractivity (Wildman–Crippen MR) is 87.1 cm³/mol. The average molecular weight is 328 g/mol. The van der Waals surface area contributed by atoms with Crippen molar-refractivity contribution in [3.63, 3.8) is 0 Å². The molecular weight excluding hydrogens is 310 g/mol. The molecule has 2 aromatic rings. The van der Waals surface area contributed by atoms with E-state index in [1.807, 2.05) is 16.3 Å². The Morgan fingerprint density at radius 2 is 2.05 bits per heavy atom. The minimum Gasteiger partial charge on any atom is -0.352 e. The molecule has 1 fully saturated rings. The Labute approximate surface area is 133 Å². The van der Waals surface area contributed by atoms with Crippen LogP contribution in [0.4, 0.5) is 5.82 Å². The van der Waals surface area contributed by atoms with E-state index in [1.165, 1.54) is 0 Å². The van der Waals surface area contributed by atoms with Crippen LogP contribution in [0.1, 0.15) is 6.92 Å². The normalized spacial score (nSPS) is 16.7. The number of anilines is 1. The summed E-state index contributed by atoms with van der Waals surface area (Å²) in [6.07, 6.45) is 1.60. The number of nitrogens with two attached hydrogens (primary N) is 1. The fourth-order valence-electron chi connectivity index (χ4n) is 2.43. The Bertz CT molecular complexity index is 624. The van der Waals surface area contributed by atoms with Crippen molar-refractivity contribution in [2.45, 2.75) is 13.0 Å². The van der Waals surface area contributed by atoms with Crippen molar-refractivity contribution in [2.75, 3.05) is 31.1 Å². The monoisotopic (exact) mass is 327 g/mol. The summed E-state index contributed by atoms with van der Waals surface area (Å²) in [5.41, 5.74) is 6.63. The zero-order valence-corrected chi connectivity index (χ0v) is 13.4. The molecule has 1 amide bonds. The van der Waals surface area contributed by atoms with E-state index < -0.39 is 6.04 Å². The van der Waals surface area contributed by atoms with Gasteiger partial charge in [-0.25, -0.2) is 9.97 Å². The van der Waals surface area contributed by atoms with Gasteiger partial charge in [-0.2, -0.15) is 0 Å². The van der Waals surface area contributed by atoms with Gasteiger partial charge in [-0.3, -0.25) is 4.79 Å². The second-order valence-electron chi connectivity index (χ2n) is 4.93. The van der Waals surface area contributed by atoms with Gasteiger partial charge in [-0.1, -0.05) is 0 Å². The van der Waals surface area contributed by atoms with Gasteiger partial charge in [0.1, 0.15) is 12.1 Å². The summed E-state index contributed by atoms with van der Waals surface area (Å²) in [5.74, 6) is 0.992. The molecule has 0 aromatic carbocycles. The van der Waals surface area contributed by atoms with Crippen LogP contribution >= 0.6 is 23.7 Å². The molecule has 3 rings (SSSR count). The molecular formula is C13H18ClN5OS. The minimum atomic E-state index is -0.426. The third-order valence-electron chi connectivity index (χ3n) is 3.50. The van der Waals surface area contributed by atoms with Crippen LogP contribution in [-0.4, -0.2) is 53.0 Å². The highest BCUT2D eigenvalue weighted by Crippen LogP contribution is 2.28. The highest BCUT2D eigenvalue weighted by Gasteiger charge is 2.24. The quantitative estimate of drug-likeness (QED) is 0.894. The molecule has 2 aromatic heterocycles. The van der Waals surface area contributed by atoms with Crippen LogP contribution in [0.3, 0.4) is 0 Å². The molecule has 1 atom stereocenters. The third-order valence-corrected chi connectivity index (χ3v) is 4.40. The van der Waals surface area contributed by atoms with E-state index in [1.54, 1.807) is 24.6 Å². The van der Waals surface area contributed by atoms with Crippen LogP contribution in [0.25, 0.3) is 10.2 Å². The summed E-state index contributed by atoms with van der Waals surface area (Å²) in [5, 5.41) is 2.03. The second kappa shape index (κ2) is 6.55. The van der Waals surface area contributed by atoms with Crippen LogP contribution < -0.4 is 10.6 Å². The average Bonchev–Trinajstić information content (AvgIpc) is 2.95. The molecule has 8 heteroatoms. The standard InChI is InChI=1S/C13H17N5OS.ClH/c1-9(14)13(19)18-5-3-17(4-6-18)12-11-10(2-7-20-11)15-8-16-12;/h2,7-9H,3-6,14H2,1H3;1H. The number of carbonyl (C=O) groups is 1. The number of hydrogen-bond acceptors (Lipinski definition) is 6. The van der Waals surface area contributed by atoms with Crippen molar-refractivity contribution in [3.8, 4) is 0 Å². The van der Waals surface area contributed by atoms with Gasteiger partial charge >= 0.3 is 0 Å². The maximum absolute atomic E-state index is 11.9. The molecule has 21 heavy (non-hydrogen) atoms. The zero-order valence-electron chi connectivity index (χ0n) is 11.7. The van der Waals surface area contributed by atoms with E-state index in [0.29, 0.717) is 13.1 Å². The maximum Gasteiger partial charge on any atom is 0.239 e. The summed E-state index contributed by atoms with van der Waals surface area (Å²) in [6, 6.07) is 1.57. The number of hydrogen-bond donors (Lipinski definition) is 1. The molecule has 2 N–H and O–H groups in total. The molecule has 114 valence electrons. The number of amides is 1. The highest BCUT2D eigenvalue weighted by molar-refractivity contribution is 7.17. The van der Waals surface area contributed by atoms with Gasteiger partial charge in [0.25, 0.3) is 0 Å². The van der Waals surface area contributed by atoms with Crippen molar-refractivity contribution in [1.29, 1.82) is 0 Å². The van der Waals surface area contributed by atoms with E-state index in [2.05, 4.69) is 14.9 Å². The lowest BCUT2D eigenvalue weighted by Crippen LogP contribution is -2.52. The SMILES string of the molecule is CC(N)C(=O)N1CCN(c2ncnc3ccsc23)CC1.Cl. The Balaban J connectivity index is 0.00000161. The Morgan fingerprint density at radius 1 is 1.33 bits per heavy atom. The van der Waals surface area contributed by atoms with E-state index in [-0.39, 0.29) is 18.3 Å². The van der Waals surface area contributed by atoms with Crippen molar-refractivity contribution >= 4 is 45.7 Å². The third kappa shape index (κ3) is 3.09. The maximum atomic E-state index is 11.9. The van der Waals surface area contributed by atoms with Crippen LogP contribution in [0.2, 0.25) is 0 Å². The molecule has 0 bridgehead atoms. The van der Waals surface area contributed by atoms with Gasteiger partial charge < -0.3 is 15.5 Å². The molecule has 0 spiro atoms. The molecule has 0 radical (unpaired) electrons. The second-order valence-corrected chi connectivity index (χ2v) is 5.85. The van der Waals surface area contributed by atoms with Gasteiger partial charge in [-0.15, -0.1) is 23.7 Å². The number of piperazine rings is 1. The molecule has 1 aliphatic heterocycles. The van der Waals surface area contributed by atoms with E-state index >= 15 is 0 Å². The number of fused-ring (bicyclic) bond motifs is 1. The number of nitrogens with zero attached hydrogens (tertiary/aromatic N) is 4. The lowest BCUT2D eigenvalue weighted by molar-refractivity contribution is -0.132. The largest absolute Gasteiger partial charge is 0.352 e. The van der Waals surface area contributed by atoms with Gasteiger partial charge in [0.2, 0.25) is 5.91 Å². The summed E-state index contributed by atoms with van der Waals surface area (Å²) in [6.45, 7) is 4.67. The fourth-order valence-corrected chi connectivity index (χ4v) is 3.29. The van der Waals surface area contributed by atoms with E-state index in [4.69, 9.17) is 5.73 Å². The highest BCUT2D eigenvalue weighted by atomic mass is 35.5. The zero-order chi connectivity index (χ0) is 14.1. The molecule has 0 saturated carbocycles. The molecule has 3 heterocycles. The van der Waals surface area contributed by atoms with Crippen molar-refractivity contribution < 1.29 is 4.79 Å². The number of rotatable bonds is 2. The molecule has 0 aliphatic carbocycles.